The Morgan fingerprint density at radius 1 is 1.59 bits per heavy atom. The molecule has 1 heterocycles. The van der Waals surface area contributed by atoms with E-state index in [1.54, 1.807) is 0 Å². The SMILES string of the molecule is CC(C)c1ncc(S(=O)(=O)N(C)CC(=O)O)[nH]1. The Labute approximate surface area is 99.5 Å². The number of nitrogens with zero attached hydrogens (tertiary/aromatic N) is 2. The topological polar surface area (TPSA) is 103 Å². The van der Waals surface area contributed by atoms with Crippen molar-refractivity contribution in [1.82, 2.24) is 14.3 Å². The third kappa shape index (κ3) is 3.04. The van der Waals surface area contributed by atoms with Gasteiger partial charge in [0.15, 0.2) is 5.03 Å². The number of likely N-dealkylation sites (N-methyl/N-ethyl adjacent to an activating group) is 1. The van der Waals surface area contributed by atoms with E-state index in [2.05, 4.69) is 9.97 Å². The van der Waals surface area contributed by atoms with Crippen molar-refractivity contribution >= 4 is 16.0 Å². The number of imidazole rings is 1. The van der Waals surface area contributed by atoms with Gasteiger partial charge in [-0.25, -0.2) is 13.4 Å². The highest BCUT2D eigenvalue weighted by Crippen LogP contribution is 2.15. The van der Waals surface area contributed by atoms with Crippen LogP contribution in [0.3, 0.4) is 0 Å². The summed E-state index contributed by atoms with van der Waals surface area (Å²) in [6.45, 7) is 3.16. The van der Waals surface area contributed by atoms with Crippen molar-refractivity contribution in [2.75, 3.05) is 13.6 Å². The van der Waals surface area contributed by atoms with E-state index in [9.17, 15) is 13.2 Å². The zero-order valence-corrected chi connectivity index (χ0v) is 10.7. The largest absolute Gasteiger partial charge is 0.480 e. The lowest BCUT2D eigenvalue weighted by molar-refractivity contribution is -0.137. The first-order valence-electron chi connectivity index (χ1n) is 4.98. The number of hydrogen-bond acceptors (Lipinski definition) is 4. The monoisotopic (exact) mass is 261 g/mol. The van der Waals surface area contributed by atoms with Gasteiger partial charge in [-0.3, -0.25) is 4.79 Å². The highest BCUT2D eigenvalue weighted by atomic mass is 32.2. The van der Waals surface area contributed by atoms with E-state index < -0.39 is 22.5 Å². The Morgan fingerprint density at radius 2 is 2.18 bits per heavy atom. The predicted molar refractivity (Wildman–Crippen MR) is 60.1 cm³/mol. The lowest BCUT2D eigenvalue weighted by atomic mass is 10.2. The molecule has 0 fully saturated rings. The molecule has 0 amide bonds. The van der Waals surface area contributed by atoms with Gasteiger partial charge in [0.25, 0.3) is 10.0 Å². The number of H-pyrrole nitrogens is 1. The van der Waals surface area contributed by atoms with Gasteiger partial charge in [-0.05, 0) is 0 Å². The summed E-state index contributed by atoms with van der Waals surface area (Å²) in [4.78, 5) is 17.1. The Kier molecular flexibility index (Phi) is 3.89. The molecule has 7 nitrogen and oxygen atoms in total. The normalized spacial score (nSPS) is 12.3. The minimum atomic E-state index is -3.81. The van der Waals surface area contributed by atoms with Gasteiger partial charge in [-0.2, -0.15) is 4.31 Å². The molecule has 1 aromatic rings. The molecule has 0 spiro atoms. The van der Waals surface area contributed by atoms with E-state index in [0.29, 0.717) is 5.82 Å². The van der Waals surface area contributed by atoms with Gasteiger partial charge in [-0.15, -0.1) is 0 Å². The first-order valence-corrected chi connectivity index (χ1v) is 6.42. The van der Waals surface area contributed by atoms with Crippen LogP contribution < -0.4 is 0 Å². The Hall–Kier alpha value is -1.41. The van der Waals surface area contributed by atoms with E-state index in [1.165, 1.54) is 13.2 Å². The van der Waals surface area contributed by atoms with Gasteiger partial charge in [0, 0.05) is 13.0 Å². The summed E-state index contributed by atoms with van der Waals surface area (Å²) >= 11 is 0. The molecule has 0 aliphatic carbocycles. The van der Waals surface area contributed by atoms with Crippen molar-refractivity contribution in [2.45, 2.75) is 24.8 Å². The number of aromatic nitrogens is 2. The maximum atomic E-state index is 11.9. The molecule has 8 heteroatoms. The molecule has 0 radical (unpaired) electrons. The van der Waals surface area contributed by atoms with Crippen molar-refractivity contribution in [3.05, 3.63) is 12.0 Å². The van der Waals surface area contributed by atoms with Gasteiger partial charge < -0.3 is 10.1 Å². The fraction of sp³-hybridized carbons (Fsp3) is 0.556. The summed E-state index contributed by atoms with van der Waals surface area (Å²) in [6.07, 6.45) is 1.20. The molecule has 0 aliphatic heterocycles. The van der Waals surface area contributed by atoms with Gasteiger partial charge >= 0.3 is 5.97 Å². The van der Waals surface area contributed by atoms with Crippen LogP contribution in [-0.2, 0) is 14.8 Å². The van der Waals surface area contributed by atoms with Gasteiger partial charge in [0.1, 0.15) is 12.4 Å². The van der Waals surface area contributed by atoms with E-state index in [4.69, 9.17) is 5.11 Å². The molecule has 17 heavy (non-hydrogen) atoms. The fourth-order valence-electron chi connectivity index (χ4n) is 1.19. The average Bonchev–Trinajstić information content (AvgIpc) is 2.65. The van der Waals surface area contributed by atoms with Crippen molar-refractivity contribution in [2.24, 2.45) is 0 Å². The smallest absolute Gasteiger partial charge is 0.318 e. The van der Waals surface area contributed by atoms with Gasteiger partial charge in [0.05, 0.1) is 6.20 Å². The molecule has 1 aromatic heterocycles. The summed E-state index contributed by atoms with van der Waals surface area (Å²) in [6, 6.07) is 0. The van der Waals surface area contributed by atoms with E-state index in [1.807, 2.05) is 13.8 Å². The lowest BCUT2D eigenvalue weighted by Crippen LogP contribution is -2.32. The molecule has 1 rings (SSSR count). The zero-order valence-electron chi connectivity index (χ0n) is 9.84. The maximum Gasteiger partial charge on any atom is 0.318 e. The standard InChI is InChI=1S/C9H15N3O4S/c1-6(2)9-10-4-7(11-9)17(15,16)12(3)5-8(13)14/h4,6H,5H2,1-3H3,(H,10,11)(H,13,14). The maximum absolute atomic E-state index is 11.9. The molecule has 0 atom stereocenters. The minimum Gasteiger partial charge on any atom is -0.480 e. The molecule has 0 aliphatic rings. The summed E-state index contributed by atoms with van der Waals surface area (Å²) in [5, 5.41) is 8.46. The summed E-state index contributed by atoms with van der Waals surface area (Å²) < 4.78 is 24.5. The number of carboxylic acid groups (broad SMARTS) is 1. The molecule has 0 saturated heterocycles. The van der Waals surface area contributed by atoms with Crippen LogP contribution in [0.5, 0.6) is 0 Å². The summed E-state index contributed by atoms with van der Waals surface area (Å²) in [5.74, 6) is -0.587. The van der Waals surface area contributed by atoms with Crippen LogP contribution in [0.2, 0.25) is 0 Å². The van der Waals surface area contributed by atoms with Crippen LogP contribution in [0, 0.1) is 0 Å². The highest BCUT2D eigenvalue weighted by molar-refractivity contribution is 7.89. The Bertz CT molecular complexity index is 506. The predicted octanol–water partition coefficient (Wildman–Crippen LogP) is 0.238. The third-order valence-corrected chi connectivity index (χ3v) is 3.88. The van der Waals surface area contributed by atoms with Crippen LogP contribution >= 0.6 is 0 Å². The number of rotatable bonds is 5. The van der Waals surface area contributed by atoms with Crippen molar-refractivity contribution in [3.8, 4) is 0 Å². The number of nitrogens with one attached hydrogen (secondary N) is 1. The van der Waals surface area contributed by atoms with Crippen LogP contribution in [-0.4, -0.2) is 47.4 Å². The van der Waals surface area contributed by atoms with Gasteiger partial charge in [0.2, 0.25) is 0 Å². The second kappa shape index (κ2) is 4.84. The molecule has 0 saturated carbocycles. The fourth-order valence-corrected chi connectivity index (χ4v) is 2.22. The quantitative estimate of drug-likeness (QED) is 0.790. The molecule has 2 N–H and O–H groups in total. The van der Waals surface area contributed by atoms with Crippen LogP contribution in [0.15, 0.2) is 11.2 Å². The van der Waals surface area contributed by atoms with Crippen molar-refractivity contribution in [1.29, 1.82) is 0 Å². The van der Waals surface area contributed by atoms with Crippen molar-refractivity contribution in [3.63, 3.8) is 0 Å². The number of aliphatic carboxylic acids is 1. The second-order valence-electron chi connectivity index (χ2n) is 3.94. The molecular formula is C9H15N3O4S. The minimum absolute atomic E-state index is 0.0729. The zero-order chi connectivity index (χ0) is 13.2. The average molecular weight is 261 g/mol. The molecule has 0 unspecified atom stereocenters. The molecule has 96 valence electrons. The highest BCUT2D eigenvalue weighted by Gasteiger charge is 2.25. The first kappa shape index (κ1) is 13.7. The molecule has 0 aromatic carbocycles. The summed E-state index contributed by atoms with van der Waals surface area (Å²) in [5.41, 5.74) is 0. The number of carboxylic acids is 1. The molecule has 0 bridgehead atoms. The number of hydrogen-bond donors (Lipinski definition) is 2. The number of aromatic amines is 1. The van der Waals surface area contributed by atoms with E-state index >= 15 is 0 Å². The first-order chi connectivity index (χ1) is 7.75. The van der Waals surface area contributed by atoms with Crippen molar-refractivity contribution < 1.29 is 18.3 Å². The van der Waals surface area contributed by atoms with Crippen LogP contribution in [0.1, 0.15) is 25.6 Å². The van der Waals surface area contributed by atoms with Crippen LogP contribution in [0.4, 0.5) is 0 Å². The lowest BCUT2D eigenvalue weighted by Gasteiger charge is -2.12. The van der Waals surface area contributed by atoms with Crippen LogP contribution in [0.25, 0.3) is 0 Å². The second-order valence-corrected chi connectivity index (χ2v) is 5.96. The summed E-state index contributed by atoms with van der Waals surface area (Å²) in [7, 11) is -2.60. The Morgan fingerprint density at radius 3 is 2.59 bits per heavy atom. The van der Waals surface area contributed by atoms with Gasteiger partial charge in [-0.1, -0.05) is 13.8 Å². The van der Waals surface area contributed by atoms with E-state index in [-0.39, 0.29) is 10.9 Å². The van der Waals surface area contributed by atoms with E-state index in [0.717, 1.165) is 4.31 Å². The number of carbonyl (C=O) groups is 1. The molecular weight excluding hydrogens is 246 g/mol. The Balaban J connectivity index is 3.00. The third-order valence-electron chi connectivity index (χ3n) is 2.17. The number of sulfonamides is 1.